The van der Waals surface area contributed by atoms with Crippen LogP contribution in [0, 0.1) is 17.9 Å². The summed E-state index contributed by atoms with van der Waals surface area (Å²) in [4.78, 5) is 9.74. The van der Waals surface area contributed by atoms with E-state index in [0.717, 1.165) is 22.0 Å². The van der Waals surface area contributed by atoms with Gasteiger partial charge in [0.15, 0.2) is 6.29 Å². The number of nitriles is 1. The molecule has 0 aliphatic carbocycles. The van der Waals surface area contributed by atoms with Crippen molar-refractivity contribution >= 4 is 28.2 Å². The van der Waals surface area contributed by atoms with Crippen LogP contribution in [0.5, 0.6) is 0 Å². The maximum atomic E-state index is 9.38. The first kappa shape index (κ1) is 21.1. The first-order chi connectivity index (χ1) is 13.5. The van der Waals surface area contributed by atoms with Crippen molar-refractivity contribution in [1.82, 2.24) is 0 Å². The van der Waals surface area contributed by atoms with Crippen molar-refractivity contribution in [1.29, 1.82) is 5.26 Å². The quantitative estimate of drug-likeness (QED) is 0.301. The number of anilines is 1. The highest BCUT2D eigenvalue weighted by molar-refractivity contribution is 5.91. The Kier molecular flexibility index (Phi) is 7.71. The van der Waals surface area contributed by atoms with Gasteiger partial charge in [0, 0.05) is 40.2 Å². The average Bonchev–Trinajstić information content (AvgIpc) is 2.72. The van der Waals surface area contributed by atoms with Crippen molar-refractivity contribution in [2.24, 2.45) is 4.99 Å². The molecular formula is C22H24N4O2. The average molecular weight is 376 g/mol. The van der Waals surface area contributed by atoms with Crippen LogP contribution < -0.4 is 4.90 Å². The molecule has 0 saturated carbocycles. The number of benzene rings is 2. The lowest BCUT2D eigenvalue weighted by Gasteiger charge is -2.14. The maximum absolute atomic E-state index is 9.38. The Balaban J connectivity index is 2.35. The van der Waals surface area contributed by atoms with Gasteiger partial charge < -0.3 is 14.4 Å². The summed E-state index contributed by atoms with van der Waals surface area (Å²) in [5, 5.41) is 11.5. The molecule has 144 valence electrons. The molecule has 0 saturated heterocycles. The summed E-state index contributed by atoms with van der Waals surface area (Å²) in [5.74, 6) is 0. The van der Waals surface area contributed by atoms with Crippen molar-refractivity contribution in [2.75, 3.05) is 39.8 Å². The van der Waals surface area contributed by atoms with Gasteiger partial charge in [-0.25, -0.2) is 10.1 Å². The zero-order valence-corrected chi connectivity index (χ0v) is 16.6. The minimum atomic E-state index is -0.411. The van der Waals surface area contributed by atoms with Gasteiger partial charge in [-0.2, -0.15) is 0 Å². The molecule has 0 aromatic heterocycles. The zero-order valence-electron chi connectivity index (χ0n) is 16.6. The maximum Gasteiger partial charge on any atom is 0.266 e. The third-order valence-electron chi connectivity index (χ3n) is 4.40. The van der Waals surface area contributed by atoms with Gasteiger partial charge in [0.05, 0.1) is 19.2 Å². The smallest absolute Gasteiger partial charge is 0.266 e. The highest BCUT2D eigenvalue weighted by Crippen LogP contribution is 2.28. The second-order valence-electron chi connectivity index (χ2n) is 6.34. The lowest BCUT2D eigenvalue weighted by molar-refractivity contribution is -0.0936. The molecule has 0 heterocycles. The fourth-order valence-electron chi connectivity index (χ4n) is 2.77. The van der Waals surface area contributed by atoms with Gasteiger partial charge in [-0.05, 0) is 46.5 Å². The molecule has 0 atom stereocenters. The normalized spacial score (nSPS) is 12.1. The van der Waals surface area contributed by atoms with Gasteiger partial charge in [-0.15, -0.1) is 0 Å². The molecule has 2 rings (SSSR count). The van der Waals surface area contributed by atoms with Gasteiger partial charge >= 0.3 is 0 Å². The number of methoxy groups -OCH3 is 2. The van der Waals surface area contributed by atoms with Crippen molar-refractivity contribution in [2.45, 2.75) is 12.7 Å². The fourth-order valence-corrected chi connectivity index (χ4v) is 2.77. The molecule has 0 aliphatic heterocycles. The number of hydrogen-bond acceptors (Lipinski definition) is 5. The highest BCUT2D eigenvalue weighted by Gasteiger charge is 2.10. The summed E-state index contributed by atoms with van der Waals surface area (Å²) in [7, 11) is 7.11. The van der Waals surface area contributed by atoms with Gasteiger partial charge in [0.1, 0.15) is 0 Å². The van der Waals surface area contributed by atoms with E-state index >= 15 is 0 Å². The SMILES string of the molecule is [C-]#[N+]C(C#N)=C(CC=NCC(OC)OC)c1ccc2cc(N(C)C)ccc2c1. The summed E-state index contributed by atoms with van der Waals surface area (Å²) < 4.78 is 10.2. The first-order valence-electron chi connectivity index (χ1n) is 8.80. The van der Waals surface area contributed by atoms with Crippen LogP contribution in [-0.4, -0.2) is 47.4 Å². The summed E-state index contributed by atoms with van der Waals surface area (Å²) in [6.45, 7) is 7.69. The Labute approximate surface area is 166 Å². The zero-order chi connectivity index (χ0) is 20.5. The lowest BCUT2D eigenvalue weighted by atomic mass is 9.97. The molecule has 6 heteroatoms. The van der Waals surface area contributed by atoms with E-state index in [0.29, 0.717) is 18.5 Å². The Morgan fingerprint density at radius 2 is 1.89 bits per heavy atom. The molecule has 0 spiro atoms. The molecule has 0 bridgehead atoms. The Morgan fingerprint density at radius 3 is 2.50 bits per heavy atom. The molecule has 6 nitrogen and oxygen atoms in total. The first-order valence-corrected chi connectivity index (χ1v) is 8.80. The lowest BCUT2D eigenvalue weighted by Crippen LogP contribution is -2.16. The molecule has 0 radical (unpaired) electrons. The van der Waals surface area contributed by atoms with Crippen LogP contribution in [0.4, 0.5) is 5.69 Å². The van der Waals surface area contributed by atoms with Crippen molar-refractivity contribution in [3.63, 3.8) is 0 Å². The van der Waals surface area contributed by atoms with Crippen LogP contribution in [0.2, 0.25) is 0 Å². The number of rotatable bonds is 8. The van der Waals surface area contributed by atoms with E-state index in [9.17, 15) is 5.26 Å². The largest absolute Gasteiger partial charge is 0.378 e. The summed E-state index contributed by atoms with van der Waals surface area (Å²) in [6.07, 6.45) is 1.67. The van der Waals surface area contributed by atoms with Crippen molar-refractivity contribution < 1.29 is 9.47 Å². The van der Waals surface area contributed by atoms with Crippen molar-refractivity contribution in [3.8, 4) is 6.07 Å². The second kappa shape index (κ2) is 10.2. The van der Waals surface area contributed by atoms with E-state index in [1.165, 1.54) is 0 Å². The van der Waals surface area contributed by atoms with Crippen LogP contribution in [0.15, 0.2) is 47.1 Å². The number of aliphatic imine (C=N–C) groups is 1. The predicted octanol–water partition coefficient (Wildman–Crippen LogP) is 4.14. The Morgan fingerprint density at radius 1 is 1.21 bits per heavy atom. The molecule has 0 unspecified atom stereocenters. The molecule has 28 heavy (non-hydrogen) atoms. The molecule has 0 fully saturated rings. The van der Waals surface area contributed by atoms with Gasteiger partial charge in [0.25, 0.3) is 5.70 Å². The number of fused-ring (bicyclic) bond motifs is 1. The van der Waals surface area contributed by atoms with E-state index in [-0.39, 0.29) is 5.70 Å². The minimum absolute atomic E-state index is 0.0748. The fraction of sp³-hybridized carbons (Fsp3) is 0.318. The Hall–Kier alpha value is -3.19. The molecule has 0 amide bonds. The Bertz CT molecular complexity index is 945. The molecule has 0 aliphatic rings. The summed E-state index contributed by atoms with van der Waals surface area (Å²) in [6, 6.07) is 14.2. The van der Waals surface area contributed by atoms with Crippen molar-refractivity contribution in [3.05, 3.63) is 59.1 Å². The van der Waals surface area contributed by atoms with Crippen LogP contribution in [-0.2, 0) is 9.47 Å². The molecule has 2 aromatic rings. The van der Waals surface area contributed by atoms with E-state index in [1.54, 1.807) is 20.4 Å². The number of hydrogen-bond donors (Lipinski definition) is 0. The topological polar surface area (TPSA) is 62.2 Å². The highest BCUT2D eigenvalue weighted by atomic mass is 16.7. The van der Waals surface area contributed by atoms with E-state index < -0.39 is 6.29 Å². The van der Waals surface area contributed by atoms with Gasteiger partial charge in [0.2, 0.25) is 0 Å². The molecular weight excluding hydrogens is 352 g/mol. The monoisotopic (exact) mass is 376 g/mol. The van der Waals surface area contributed by atoms with Crippen LogP contribution in [0.1, 0.15) is 12.0 Å². The minimum Gasteiger partial charge on any atom is -0.378 e. The molecule has 2 aromatic carbocycles. The molecule has 0 N–H and O–H groups in total. The van der Waals surface area contributed by atoms with E-state index in [2.05, 4.69) is 20.8 Å². The van der Waals surface area contributed by atoms with Crippen LogP contribution >= 0.6 is 0 Å². The van der Waals surface area contributed by atoms with Gasteiger partial charge in [-0.3, -0.25) is 4.99 Å². The predicted molar refractivity (Wildman–Crippen MR) is 113 cm³/mol. The standard InChI is InChI=1S/C22H24N4O2/c1-24-21(14-23)20(10-11-25-15-22(27-4)28-5)18-7-6-17-13-19(26(2)3)9-8-16(17)12-18/h6-9,11-13,22H,10,15H2,2-5H3. The van der Waals surface area contributed by atoms with Crippen LogP contribution in [0.25, 0.3) is 21.2 Å². The summed E-state index contributed by atoms with van der Waals surface area (Å²) in [5.41, 5.74) is 2.70. The third kappa shape index (κ3) is 5.17. The number of nitrogens with zero attached hydrogens (tertiary/aromatic N) is 4. The number of ether oxygens (including phenoxy) is 2. The second-order valence-corrected chi connectivity index (χ2v) is 6.34. The van der Waals surface area contributed by atoms with E-state index in [1.807, 2.05) is 50.5 Å². The van der Waals surface area contributed by atoms with E-state index in [4.69, 9.17) is 16.0 Å². The third-order valence-corrected chi connectivity index (χ3v) is 4.40. The van der Waals surface area contributed by atoms with Gasteiger partial charge in [-0.1, -0.05) is 18.2 Å². The summed E-state index contributed by atoms with van der Waals surface area (Å²) >= 11 is 0. The number of allylic oxidation sites excluding steroid dienone is 2. The van der Waals surface area contributed by atoms with Crippen LogP contribution in [0.3, 0.4) is 0 Å².